The third-order valence-corrected chi connectivity index (χ3v) is 5.75. The maximum Gasteiger partial charge on any atom is 0.416 e. The predicted octanol–water partition coefficient (Wildman–Crippen LogP) is 5.02. The van der Waals surface area contributed by atoms with Gasteiger partial charge in [-0.25, -0.2) is 0 Å². The number of aliphatic hydroxyl groups is 1. The standard InChI is InChI=1S/C23H26F6N2O2/c1-33-21-5-3-2-4-19(21)20(31-8-6-18(32)7-9-31)14-30-13-15-10-16(22(24,25)26)12-17(11-15)23(27,28)29/h2-5,10-12,18,20,30,32H,6-9,13-14H2,1H3. The molecule has 0 aromatic heterocycles. The fraction of sp³-hybridized carbons (Fsp3) is 0.478. The van der Waals surface area contributed by atoms with Crippen molar-refractivity contribution >= 4 is 0 Å². The average Bonchev–Trinajstić information content (AvgIpc) is 2.76. The summed E-state index contributed by atoms with van der Waals surface area (Å²) in [6, 6.07) is 8.68. The van der Waals surface area contributed by atoms with Crippen LogP contribution in [0.1, 0.15) is 41.1 Å². The summed E-state index contributed by atoms with van der Waals surface area (Å²) in [5.41, 5.74) is -1.92. The quantitative estimate of drug-likeness (QED) is 0.551. The SMILES string of the molecule is COc1ccccc1C(CNCc1cc(C(F)(F)F)cc(C(F)(F)F)c1)N1CCC(O)CC1. The number of nitrogens with zero attached hydrogens (tertiary/aromatic N) is 1. The molecule has 2 aromatic carbocycles. The van der Waals surface area contributed by atoms with E-state index in [1.807, 2.05) is 18.2 Å². The van der Waals surface area contributed by atoms with Gasteiger partial charge < -0.3 is 15.2 Å². The molecule has 3 rings (SSSR count). The van der Waals surface area contributed by atoms with Crippen LogP contribution in [0, 0.1) is 0 Å². The molecule has 0 amide bonds. The van der Waals surface area contributed by atoms with E-state index in [1.165, 1.54) is 7.11 Å². The number of rotatable bonds is 7. The van der Waals surface area contributed by atoms with Crippen LogP contribution in [0.4, 0.5) is 26.3 Å². The van der Waals surface area contributed by atoms with Crippen molar-refractivity contribution in [1.82, 2.24) is 10.2 Å². The number of para-hydroxylation sites is 1. The number of piperidine rings is 1. The van der Waals surface area contributed by atoms with Crippen molar-refractivity contribution < 1.29 is 36.2 Å². The van der Waals surface area contributed by atoms with Gasteiger partial charge in [0.15, 0.2) is 0 Å². The number of benzene rings is 2. The van der Waals surface area contributed by atoms with Crippen LogP contribution < -0.4 is 10.1 Å². The largest absolute Gasteiger partial charge is 0.496 e. The summed E-state index contributed by atoms with van der Waals surface area (Å²) in [6.45, 7) is 1.31. The van der Waals surface area contributed by atoms with Gasteiger partial charge in [-0.2, -0.15) is 26.3 Å². The Kier molecular flexibility index (Phi) is 7.92. The molecule has 0 saturated carbocycles. The highest BCUT2D eigenvalue weighted by molar-refractivity contribution is 5.37. The molecule has 2 N–H and O–H groups in total. The van der Waals surface area contributed by atoms with E-state index in [1.54, 1.807) is 6.07 Å². The number of hydrogen-bond donors (Lipinski definition) is 2. The van der Waals surface area contributed by atoms with Gasteiger partial charge in [-0.1, -0.05) is 18.2 Å². The second-order valence-electron chi connectivity index (χ2n) is 8.07. The number of methoxy groups -OCH3 is 1. The van der Waals surface area contributed by atoms with Crippen molar-refractivity contribution in [2.45, 2.75) is 43.9 Å². The monoisotopic (exact) mass is 476 g/mol. The van der Waals surface area contributed by atoms with Crippen molar-refractivity contribution in [2.24, 2.45) is 0 Å². The van der Waals surface area contributed by atoms with Crippen LogP contribution in [0.25, 0.3) is 0 Å². The van der Waals surface area contributed by atoms with Gasteiger partial charge in [-0.3, -0.25) is 4.90 Å². The molecule has 0 bridgehead atoms. The summed E-state index contributed by atoms with van der Waals surface area (Å²) in [6.07, 6.45) is -9.00. The molecule has 1 heterocycles. The van der Waals surface area contributed by atoms with Crippen LogP contribution in [-0.2, 0) is 18.9 Å². The molecule has 182 valence electrons. The Labute approximate surface area is 188 Å². The highest BCUT2D eigenvalue weighted by Crippen LogP contribution is 2.36. The molecule has 4 nitrogen and oxygen atoms in total. The molecular formula is C23H26F6N2O2. The lowest BCUT2D eigenvalue weighted by Gasteiger charge is -2.37. The molecule has 10 heteroatoms. The Morgan fingerprint density at radius 2 is 1.58 bits per heavy atom. The van der Waals surface area contributed by atoms with Crippen molar-refractivity contribution in [2.75, 3.05) is 26.7 Å². The van der Waals surface area contributed by atoms with Gasteiger partial charge in [-0.05, 0) is 42.7 Å². The topological polar surface area (TPSA) is 44.7 Å². The molecule has 1 aliphatic heterocycles. The van der Waals surface area contributed by atoms with E-state index in [4.69, 9.17) is 4.74 Å². The fourth-order valence-corrected chi connectivity index (χ4v) is 4.05. The highest BCUT2D eigenvalue weighted by atomic mass is 19.4. The number of alkyl halides is 6. The molecule has 1 unspecified atom stereocenters. The van der Waals surface area contributed by atoms with Crippen LogP contribution in [0.3, 0.4) is 0 Å². The predicted molar refractivity (Wildman–Crippen MR) is 111 cm³/mol. The van der Waals surface area contributed by atoms with Crippen molar-refractivity contribution in [3.63, 3.8) is 0 Å². The number of ether oxygens (including phenoxy) is 1. The van der Waals surface area contributed by atoms with Crippen molar-refractivity contribution in [3.05, 3.63) is 64.7 Å². The number of likely N-dealkylation sites (tertiary alicyclic amines) is 1. The zero-order valence-electron chi connectivity index (χ0n) is 18.0. The number of halogens is 6. The smallest absolute Gasteiger partial charge is 0.416 e. The number of nitrogens with one attached hydrogen (secondary N) is 1. The fourth-order valence-electron chi connectivity index (χ4n) is 4.05. The molecule has 1 saturated heterocycles. The number of hydrogen-bond acceptors (Lipinski definition) is 4. The first-order valence-corrected chi connectivity index (χ1v) is 10.5. The van der Waals surface area contributed by atoms with E-state index in [0.29, 0.717) is 31.7 Å². The molecule has 0 spiro atoms. The Bertz CT molecular complexity index is 892. The zero-order chi connectivity index (χ0) is 24.2. The summed E-state index contributed by atoms with van der Waals surface area (Å²) in [7, 11) is 1.53. The van der Waals surface area contributed by atoms with Crippen LogP contribution >= 0.6 is 0 Å². The van der Waals surface area contributed by atoms with E-state index >= 15 is 0 Å². The summed E-state index contributed by atoms with van der Waals surface area (Å²) in [5.74, 6) is 0.633. The van der Waals surface area contributed by atoms with E-state index in [9.17, 15) is 31.4 Å². The summed E-state index contributed by atoms with van der Waals surface area (Å²) in [5, 5.41) is 12.9. The van der Waals surface area contributed by atoms with Gasteiger partial charge in [0.25, 0.3) is 0 Å². The maximum absolute atomic E-state index is 13.1. The lowest BCUT2D eigenvalue weighted by atomic mass is 9.99. The normalized spacial score (nSPS) is 17.2. The molecule has 0 aliphatic carbocycles. The molecule has 2 aromatic rings. The second kappa shape index (κ2) is 10.3. The van der Waals surface area contributed by atoms with Crippen LogP contribution in [-0.4, -0.2) is 42.9 Å². The third kappa shape index (κ3) is 6.61. The molecule has 1 fully saturated rings. The third-order valence-electron chi connectivity index (χ3n) is 5.75. The lowest BCUT2D eigenvalue weighted by molar-refractivity contribution is -0.143. The Morgan fingerprint density at radius 3 is 2.12 bits per heavy atom. The van der Waals surface area contributed by atoms with Crippen molar-refractivity contribution in [3.8, 4) is 5.75 Å². The molecular weight excluding hydrogens is 450 g/mol. The molecule has 33 heavy (non-hydrogen) atoms. The summed E-state index contributed by atoms with van der Waals surface area (Å²) < 4.78 is 84.3. The van der Waals surface area contributed by atoms with Gasteiger partial charge in [0.1, 0.15) is 5.75 Å². The van der Waals surface area contributed by atoms with Crippen LogP contribution in [0.5, 0.6) is 5.75 Å². The Morgan fingerprint density at radius 1 is 1.00 bits per heavy atom. The first kappa shape index (κ1) is 25.3. The first-order chi connectivity index (χ1) is 15.5. The number of aliphatic hydroxyl groups excluding tert-OH is 1. The lowest BCUT2D eigenvalue weighted by Crippen LogP contribution is -2.42. The van der Waals surface area contributed by atoms with E-state index in [-0.39, 0.29) is 30.8 Å². The van der Waals surface area contributed by atoms with E-state index < -0.39 is 29.6 Å². The minimum atomic E-state index is -4.88. The minimum Gasteiger partial charge on any atom is -0.496 e. The minimum absolute atomic E-state index is 0.106. The van der Waals surface area contributed by atoms with Crippen LogP contribution in [0.15, 0.2) is 42.5 Å². The summed E-state index contributed by atoms with van der Waals surface area (Å²) >= 11 is 0. The maximum atomic E-state index is 13.1. The van der Waals surface area contributed by atoms with Crippen LogP contribution in [0.2, 0.25) is 0 Å². The Balaban J connectivity index is 1.81. The molecule has 0 radical (unpaired) electrons. The van der Waals surface area contributed by atoms with Gasteiger partial charge in [0, 0.05) is 31.7 Å². The van der Waals surface area contributed by atoms with Gasteiger partial charge >= 0.3 is 12.4 Å². The zero-order valence-corrected chi connectivity index (χ0v) is 18.0. The molecule has 1 atom stereocenters. The molecule has 1 aliphatic rings. The Hall–Kier alpha value is -2.30. The van der Waals surface area contributed by atoms with E-state index in [2.05, 4.69) is 10.2 Å². The van der Waals surface area contributed by atoms with Crippen molar-refractivity contribution in [1.29, 1.82) is 0 Å². The van der Waals surface area contributed by atoms with E-state index in [0.717, 1.165) is 17.7 Å². The van der Waals surface area contributed by atoms with Gasteiger partial charge in [0.2, 0.25) is 0 Å². The second-order valence-corrected chi connectivity index (χ2v) is 8.07. The van der Waals surface area contributed by atoms with Gasteiger partial charge in [0.05, 0.1) is 30.4 Å². The highest BCUT2D eigenvalue weighted by Gasteiger charge is 2.37. The average molecular weight is 476 g/mol. The first-order valence-electron chi connectivity index (χ1n) is 10.5. The summed E-state index contributed by atoms with van der Waals surface area (Å²) in [4.78, 5) is 2.13. The van der Waals surface area contributed by atoms with Gasteiger partial charge in [-0.15, -0.1) is 0 Å².